The van der Waals surface area contributed by atoms with Crippen LogP contribution < -0.4 is 23.7 Å². The van der Waals surface area contributed by atoms with Crippen molar-refractivity contribution in [3.05, 3.63) is 65.8 Å². The summed E-state index contributed by atoms with van der Waals surface area (Å²) in [6.45, 7) is 0.870. The van der Waals surface area contributed by atoms with Crippen molar-refractivity contribution in [3.63, 3.8) is 0 Å². The van der Waals surface area contributed by atoms with E-state index in [0.29, 0.717) is 52.8 Å². The van der Waals surface area contributed by atoms with E-state index in [2.05, 4.69) is 4.98 Å². The maximum absolute atomic E-state index is 13.4. The molecule has 3 aromatic rings. The first-order chi connectivity index (χ1) is 18.5. The maximum Gasteiger partial charge on any atom is 0.295 e. The SMILES string of the molecule is COc1ccc(/C(O)=C2\C(=O)C(=O)N(CCCn3ccnc3)C2c2cc(OC)c3c(c2)OCO3)cc1OC. The van der Waals surface area contributed by atoms with Gasteiger partial charge in [0.15, 0.2) is 23.0 Å². The molecule has 1 N–H and O–H groups in total. The van der Waals surface area contributed by atoms with E-state index >= 15 is 0 Å². The number of imidazole rings is 1. The second kappa shape index (κ2) is 10.4. The fourth-order valence-electron chi connectivity index (χ4n) is 4.75. The number of hydrogen-bond donors (Lipinski definition) is 1. The van der Waals surface area contributed by atoms with E-state index in [4.69, 9.17) is 23.7 Å². The molecular weight excluding hydrogens is 494 g/mol. The Hall–Kier alpha value is -4.67. The van der Waals surface area contributed by atoms with Gasteiger partial charge in [-0.15, -0.1) is 0 Å². The summed E-state index contributed by atoms with van der Waals surface area (Å²) in [5.74, 6) is 0.255. The minimum atomic E-state index is -0.894. The van der Waals surface area contributed by atoms with Crippen LogP contribution in [0.1, 0.15) is 23.6 Å². The van der Waals surface area contributed by atoms with E-state index in [9.17, 15) is 14.7 Å². The van der Waals surface area contributed by atoms with Crippen LogP contribution in [-0.4, -0.2) is 65.9 Å². The summed E-state index contributed by atoms with van der Waals surface area (Å²) in [5.41, 5.74) is 0.789. The first-order valence-corrected chi connectivity index (χ1v) is 11.9. The van der Waals surface area contributed by atoms with Crippen LogP contribution in [0.4, 0.5) is 0 Å². The van der Waals surface area contributed by atoms with Crippen LogP contribution in [-0.2, 0) is 16.1 Å². The number of Topliss-reactive ketones (excluding diaryl/α,β-unsaturated/α-hetero) is 1. The third-order valence-electron chi connectivity index (χ3n) is 6.57. The number of ketones is 1. The van der Waals surface area contributed by atoms with Crippen molar-refractivity contribution in [2.24, 2.45) is 0 Å². The number of benzene rings is 2. The first kappa shape index (κ1) is 25.0. The molecule has 1 amide bonds. The fraction of sp³-hybridized carbons (Fsp3) is 0.296. The molecule has 1 fully saturated rings. The van der Waals surface area contributed by atoms with E-state index in [1.165, 1.54) is 26.2 Å². The number of aliphatic hydroxyl groups excluding tert-OH is 1. The van der Waals surface area contributed by atoms with Gasteiger partial charge < -0.3 is 38.3 Å². The van der Waals surface area contributed by atoms with E-state index in [1.54, 1.807) is 42.9 Å². The van der Waals surface area contributed by atoms with Crippen LogP contribution in [0.5, 0.6) is 28.7 Å². The van der Waals surface area contributed by atoms with Gasteiger partial charge in [-0.2, -0.15) is 0 Å². The lowest BCUT2D eigenvalue weighted by molar-refractivity contribution is -0.139. The lowest BCUT2D eigenvalue weighted by Crippen LogP contribution is -2.31. The van der Waals surface area contributed by atoms with Crippen molar-refractivity contribution in [1.82, 2.24) is 14.5 Å². The fourth-order valence-corrected chi connectivity index (χ4v) is 4.75. The third kappa shape index (κ3) is 4.36. The number of carbonyl (C=O) groups excluding carboxylic acids is 2. The van der Waals surface area contributed by atoms with Gasteiger partial charge in [-0.05, 0) is 42.3 Å². The number of nitrogens with zero attached hydrogens (tertiary/aromatic N) is 3. The highest BCUT2D eigenvalue weighted by molar-refractivity contribution is 6.46. The highest BCUT2D eigenvalue weighted by Crippen LogP contribution is 2.47. The van der Waals surface area contributed by atoms with Gasteiger partial charge in [0.05, 0.1) is 39.3 Å². The van der Waals surface area contributed by atoms with E-state index < -0.39 is 17.7 Å². The number of aromatic nitrogens is 2. The zero-order chi connectivity index (χ0) is 26.8. The van der Waals surface area contributed by atoms with Crippen molar-refractivity contribution in [2.75, 3.05) is 34.7 Å². The average Bonchev–Trinajstić information content (AvgIpc) is 3.69. The minimum Gasteiger partial charge on any atom is -0.507 e. The predicted molar refractivity (Wildman–Crippen MR) is 135 cm³/mol. The van der Waals surface area contributed by atoms with E-state index in [-0.39, 0.29) is 24.7 Å². The van der Waals surface area contributed by atoms with Crippen LogP contribution >= 0.6 is 0 Å². The van der Waals surface area contributed by atoms with Gasteiger partial charge in [0.2, 0.25) is 12.5 Å². The maximum atomic E-state index is 13.4. The number of fused-ring (bicyclic) bond motifs is 1. The number of methoxy groups -OCH3 is 3. The minimum absolute atomic E-state index is 0.0197. The number of likely N-dealkylation sites (tertiary alicyclic amines) is 1. The Balaban J connectivity index is 1.61. The Kier molecular flexibility index (Phi) is 6.82. The number of hydrogen-bond acceptors (Lipinski definition) is 9. The van der Waals surface area contributed by atoms with E-state index in [0.717, 1.165) is 0 Å². The molecule has 0 radical (unpaired) electrons. The number of rotatable bonds is 9. The predicted octanol–water partition coefficient (Wildman–Crippen LogP) is 3.15. The molecule has 1 atom stereocenters. The molecule has 0 bridgehead atoms. The summed E-state index contributed by atoms with van der Waals surface area (Å²) < 4.78 is 29.1. The third-order valence-corrected chi connectivity index (χ3v) is 6.57. The van der Waals surface area contributed by atoms with Gasteiger partial charge in [0.1, 0.15) is 5.76 Å². The lowest BCUT2D eigenvalue weighted by atomic mass is 9.94. The summed E-state index contributed by atoms with van der Waals surface area (Å²) in [5, 5.41) is 11.4. The molecule has 2 aliphatic heterocycles. The monoisotopic (exact) mass is 521 g/mol. The van der Waals surface area contributed by atoms with Crippen molar-refractivity contribution in [2.45, 2.75) is 19.0 Å². The summed E-state index contributed by atoms with van der Waals surface area (Å²) in [6.07, 6.45) is 5.74. The molecule has 2 aromatic carbocycles. The molecule has 0 saturated carbocycles. The topological polar surface area (TPSA) is 122 Å². The Bertz CT molecular complexity index is 1400. The molecule has 1 saturated heterocycles. The van der Waals surface area contributed by atoms with Crippen LogP contribution in [0.2, 0.25) is 0 Å². The van der Waals surface area contributed by atoms with Gasteiger partial charge in [-0.3, -0.25) is 9.59 Å². The summed E-state index contributed by atoms with van der Waals surface area (Å²) >= 11 is 0. The summed E-state index contributed by atoms with van der Waals surface area (Å²) in [6, 6.07) is 7.27. The summed E-state index contributed by atoms with van der Waals surface area (Å²) in [7, 11) is 4.46. The number of aliphatic hydroxyl groups is 1. The second-order valence-electron chi connectivity index (χ2n) is 8.67. The lowest BCUT2D eigenvalue weighted by Gasteiger charge is -2.26. The number of carbonyl (C=O) groups is 2. The van der Waals surface area contributed by atoms with Crippen LogP contribution in [0.15, 0.2) is 54.6 Å². The molecule has 38 heavy (non-hydrogen) atoms. The van der Waals surface area contributed by atoms with Crippen molar-refractivity contribution < 1.29 is 38.4 Å². The molecule has 11 heteroatoms. The number of ether oxygens (including phenoxy) is 5. The molecule has 5 rings (SSSR count). The van der Waals surface area contributed by atoms with Gasteiger partial charge in [0.25, 0.3) is 11.7 Å². The molecule has 11 nitrogen and oxygen atoms in total. The summed E-state index contributed by atoms with van der Waals surface area (Å²) in [4.78, 5) is 32.2. The Labute approximate surface area is 218 Å². The van der Waals surface area contributed by atoms with Crippen molar-refractivity contribution in [3.8, 4) is 28.7 Å². The quantitative estimate of drug-likeness (QED) is 0.257. The standard InChI is InChI=1S/C27H27N3O8/c1-34-18-6-5-16(11-19(18)35-2)24(31)22-23(17-12-20(36-3)26-21(13-17)37-15-38-26)30(27(33)25(22)32)9-4-8-29-10-7-28-14-29/h5-7,10-14,23,31H,4,8-9,15H2,1-3H3/b24-22+. The zero-order valence-electron chi connectivity index (χ0n) is 21.2. The van der Waals surface area contributed by atoms with Crippen LogP contribution in [0.25, 0.3) is 5.76 Å². The van der Waals surface area contributed by atoms with Crippen LogP contribution in [0, 0.1) is 0 Å². The molecule has 0 aliphatic carbocycles. The normalized spacial score (nSPS) is 17.7. The Morgan fingerprint density at radius 1 is 1.03 bits per heavy atom. The van der Waals surface area contributed by atoms with Gasteiger partial charge in [-0.25, -0.2) is 4.98 Å². The number of aryl methyl sites for hydroxylation is 1. The largest absolute Gasteiger partial charge is 0.507 e. The highest BCUT2D eigenvalue weighted by Gasteiger charge is 2.46. The molecule has 1 unspecified atom stereocenters. The molecule has 2 aliphatic rings. The highest BCUT2D eigenvalue weighted by atomic mass is 16.7. The Morgan fingerprint density at radius 2 is 1.82 bits per heavy atom. The molecule has 1 aromatic heterocycles. The van der Waals surface area contributed by atoms with E-state index in [1.807, 2.05) is 10.8 Å². The molecule has 3 heterocycles. The van der Waals surface area contributed by atoms with Gasteiger partial charge in [0, 0.05) is 31.0 Å². The zero-order valence-corrected chi connectivity index (χ0v) is 21.2. The number of amides is 1. The van der Waals surface area contributed by atoms with Crippen molar-refractivity contribution in [1.29, 1.82) is 0 Å². The Morgan fingerprint density at radius 3 is 2.53 bits per heavy atom. The molecule has 0 spiro atoms. The van der Waals surface area contributed by atoms with Gasteiger partial charge >= 0.3 is 0 Å². The second-order valence-corrected chi connectivity index (χ2v) is 8.67. The average molecular weight is 522 g/mol. The van der Waals surface area contributed by atoms with Gasteiger partial charge in [-0.1, -0.05) is 0 Å². The molecular formula is C27H27N3O8. The van der Waals surface area contributed by atoms with Crippen molar-refractivity contribution >= 4 is 17.4 Å². The smallest absolute Gasteiger partial charge is 0.295 e. The molecule has 198 valence electrons. The first-order valence-electron chi connectivity index (χ1n) is 11.9. The van der Waals surface area contributed by atoms with Crippen LogP contribution in [0.3, 0.4) is 0 Å².